The fourth-order valence-electron chi connectivity index (χ4n) is 0.358. The van der Waals surface area contributed by atoms with Gasteiger partial charge in [-0.2, -0.15) is 10.2 Å². The van der Waals surface area contributed by atoms with E-state index in [1.54, 1.807) is 27.7 Å². The Morgan fingerprint density at radius 2 is 1.12 bits per heavy atom. The van der Waals surface area contributed by atoms with E-state index in [0.717, 1.165) is 0 Å². The molecule has 0 bridgehead atoms. The summed E-state index contributed by atoms with van der Waals surface area (Å²) in [4.78, 5) is 0. The van der Waals surface area contributed by atoms with Gasteiger partial charge in [0.25, 0.3) is 0 Å². The summed E-state index contributed by atoms with van der Waals surface area (Å²) in [5, 5.41) is 22.5. The number of hydrogen-bond acceptors (Lipinski definition) is 4. The molecule has 0 aliphatic heterocycles. The first-order valence-electron chi connectivity index (χ1n) is 4.76. The Labute approximate surface area is 112 Å². The van der Waals surface area contributed by atoms with Crippen LogP contribution >= 0.6 is 23.2 Å². The summed E-state index contributed by atoms with van der Waals surface area (Å²) in [6.45, 7) is 6.70. The van der Waals surface area contributed by atoms with Gasteiger partial charge in [0.05, 0.1) is 5.34 Å². The van der Waals surface area contributed by atoms with E-state index in [-0.39, 0.29) is 17.0 Å². The molecule has 0 rings (SSSR count). The Morgan fingerprint density at radius 3 is 1.24 bits per heavy atom. The van der Waals surface area contributed by atoms with Crippen LogP contribution in [-0.4, -0.2) is 28.1 Å². The minimum absolute atomic E-state index is 0.0689. The molecule has 0 aliphatic carbocycles. The first kappa shape index (κ1) is 18.5. The number of amidine groups is 2. The molecule has 0 heterocycles. The second kappa shape index (κ2) is 7.45. The van der Waals surface area contributed by atoms with Crippen molar-refractivity contribution in [2.45, 2.75) is 38.8 Å². The Hall–Kier alpha value is -0.880. The largest absolute Gasteiger partial charge is 0.386 e. The molecule has 0 saturated heterocycles. The van der Waals surface area contributed by atoms with Crippen molar-refractivity contribution >= 4 is 34.9 Å². The topological polar surface area (TPSA) is 124 Å². The molecule has 0 unspecified atom stereocenters. The Kier molecular flexibility index (Phi) is 8.10. The van der Waals surface area contributed by atoms with Crippen LogP contribution < -0.4 is 11.5 Å². The number of hydrogen-bond donors (Lipinski definition) is 4. The van der Waals surface area contributed by atoms with Gasteiger partial charge in [-0.15, -0.1) is 23.2 Å². The summed E-state index contributed by atoms with van der Waals surface area (Å²) in [6, 6.07) is 0. The highest BCUT2D eigenvalue weighted by molar-refractivity contribution is 6.40. The van der Waals surface area contributed by atoms with E-state index >= 15 is 0 Å². The van der Waals surface area contributed by atoms with E-state index in [9.17, 15) is 0 Å². The highest BCUT2D eigenvalue weighted by atomic mass is 35.5. The maximum Gasteiger partial charge on any atom is 0.132 e. The zero-order chi connectivity index (χ0) is 14.3. The van der Waals surface area contributed by atoms with E-state index in [2.05, 4.69) is 10.2 Å². The van der Waals surface area contributed by atoms with Crippen LogP contribution in [0.2, 0.25) is 0 Å². The van der Waals surface area contributed by atoms with Gasteiger partial charge >= 0.3 is 0 Å². The lowest BCUT2D eigenvalue weighted by Gasteiger charge is -2.20. The first-order chi connectivity index (χ1) is 7.51. The van der Waals surface area contributed by atoms with Crippen molar-refractivity contribution in [1.82, 2.24) is 0 Å². The minimum atomic E-state index is -0.841. The quantitative estimate of drug-likeness (QED) is 0.273. The molecule has 0 aromatic heterocycles. The van der Waals surface area contributed by atoms with E-state index in [4.69, 9.17) is 45.5 Å². The molecule has 0 atom stereocenters. The average Bonchev–Trinajstić information content (AvgIpc) is 2.16. The molecule has 0 aliphatic rings. The van der Waals surface area contributed by atoms with Crippen LogP contribution in [0.4, 0.5) is 0 Å². The van der Waals surface area contributed by atoms with Crippen molar-refractivity contribution in [3.05, 3.63) is 0 Å². The molecule has 6 N–H and O–H groups in total. The van der Waals surface area contributed by atoms with Crippen LogP contribution in [0.25, 0.3) is 0 Å². The van der Waals surface area contributed by atoms with Crippen LogP contribution in [0.1, 0.15) is 27.7 Å². The van der Waals surface area contributed by atoms with Gasteiger partial charge in [0.2, 0.25) is 0 Å². The highest BCUT2D eigenvalue weighted by Crippen LogP contribution is 2.15. The number of alkyl halides is 2. The molecule has 0 saturated carbocycles. The molecule has 100 valence electrons. The highest BCUT2D eigenvalue weighted by Gasteiger charge is 2.25. The maximum atomic E-state index is 7.25. The predicted molar refractivity (Wildman–Crippen MR) is 73.4 cm³/mol. The lowest BCUT2D eigenvalue weighted by Crippen LogP contribution is -2.38. The molecule has 8 heteroatoms. The van der Waals surface area contributed by atoms with E-state index in [1.165, 1.54) is 0 Å². The zero-order valence-electron chi connectivity index (χ0n) is 10.5. The van der Waals surface area contributed by atoms with Crippen molar-refractivity contribution in [1.29, 1.82) is 10.8 Å². The molecule has 0 aromatic rings. The second-order valence-corrected chi connectivity index (χ2v) is 5.05. The normalized spacial score (nSPS) is 11.9. The van der Waals surface area contributed by atoms with Crippen LogP contribution in [0, 0.1) is 10.8 Å². The zero-order valence-corrected chi connectivity index (χ0v) is 12.0. The number of nitrogens with one attached hydrogen (secondary N) is 2. The summed E-state index contributed by atoms with van der Waals surface area (Å²) < 4.78 is 0. The van der Waals surface area contributed by atoms with E-state index in [0.29, 0.717) is 0 Å². The molecular formula is C9H20Cl2N6. The lowest BCUT2D eigenvalue weighted by molar-refractivity contribution is 0.557. The Bertz CT molecular complexity index is 270. The second-order valence-electron chi connectivity index (χ2n) is 4.25. The number of nitrogens with zero attached hydrogens (tertiary/aromatic N) is 2. The van der Waals surface area contributed by atoms with Gasteiger partial charge in [0, 0.05) is 0 Å². The van der Waals surface area contributed by atoms with E-state index < -0.39 is 11.1 Å². The number of nitrogens with two attached hydrogens (primary N) is 2. The molecule has 6 nitrogen and oxygen atoms in total. The summed E-state index contributed by atoms with van der Waals surface area (Å²) in [5.74, 6) is -0.138. The first-order valence-corrected chi connectivity index (χ1v) is 5.83. The van der Waals surface area contributed by atoms with Crippen molar-refractivity contribution in [3.8, 4) is 0 Å². The van der Waals surface area contributed by atoms with Crippen LogP contribution in [0.15, 0.2) is 10.2 Å². The molecule has 0 spiro atoms. The summed E-state index contributed by atoms with van der Waals surface area (Å²) in [5.41, 5.74) is 8.96. The Balaban J connectivity index is 0. The number of azo groups is 1. The smallest absolute Gasteiger partial charge is 0.132 e. The molecule has 0 fully saturated rings. The summed E-state index contributed by atoms with van der Waals surface area (Å²) in [6.07, 6.45) is 0. The van der Waals surface area contributed by atoms with Gasteiger partial charge in [-0.1, -0.05) is 0 Å². The van der Waals surface area contributed by atoms with Crippen LogP contribution in [0.5, 0.6) is 0 Å². The van der Waals surface area contributed by atoms with Crippen molar-refractivity contribution in [2.75, 3.05) is 5.34 Å². The third-order valence-corrected chi connectivity index (χ3v) is 1.87. The SMILES string of the molecule is CC(C)(N=NC(C)(C)C(=N)N)C(=N)N.ClCCl. The molecule has 0 aromatic carbocycles. The van der Waals surface area contributed by atoms with Crippen molar-refractivity contribution in [2.24, 2.45) is 21.7 Å². The molecule has 0 radical (unpaired) electrons. The third kappa shape index (κ3) is 7.93. The standard InChI is InChI=1S/C8H18N6.CH2Cl2/c1-7(2,5(9)10)13-14-8(3,4)6(11)12;2-1-3/h1-4H3,(H3,9,10)(H3,11,12);1H2. The van der Waals surface area contributed by atoms with Gasteiger partial charge in [-0.25, -0.2) is 0 Å². The summed E-state index contributed by atoms with van der Waals surface area (Å²) in [7, 11) is 0. The fourth-order valence-corrected chi connectivity index (χ4v) is 0.358. The lowest BCUT2D eigenvalue weighted by atomic mass is 10.1. The number of rotatable bonds is 4. The van der Waals surface area contributed by atoms with Crippen molar-refractivity contribution in [3.63, 3.8) is 0 Å². The number of halogens is 2. The fraction of sp³-hybridized carbons (Fsp3) is 0.778. The van der Waals surface area contributed by atoms with Gasteiger partial charge in [0.15, 0.2) is 0 Å². The molecule has 0 amide bonds. The van der Waals surface area contributed by atoms with Gasteiger partial charge in [-0.3, -0.25) is 10.8 Å². The van der Waals surface area contributed by atoms with Gasteiger partial charge in [-0.05, 0) is 27.7 Å². The van der Waals surface area contributed by atoms with Gasteiger partial charge in [0.1, 0.15) is 22.7 Å². The third-order valence-electron chi connectivity index (χ3n) is 1.87. The minimum Gasteiger partial charge on any atom is -0.386 e. The van der Waals surface area contributed by atoms with Crippen LogP contribution in [0.3, 0.4) is 0 Å². The van der Waals surface area contributed by atoms with Crippen LogP contribution in [-0.2, 0) is 0 Å². The summed E-state index contributed by atoms with van der Waals surface area (Å²) >= 11 is 9.53. The maximum absolute atomic E-state index is 7.25. The predicted octanol–water partition coefficient (Wildman–Crippen LogP) is 2.29. The molecular weight excluding hydrogens is 263 g/mol. The molecule has 17 heavy (non-hydrogen) atoms. The van der Waals surface area contributed by atoms with Gasteiger partial charge < -0.3 is 11.5 Å². The van der Waals surface area contributed by atoms with Crippen molar-refractivity contribution < 1.29 is 0 Å². The average molecular weight is 283 g/mol. The monoisotopic (exact) mass is 282 g/mol. The van der Waals surface area contributed by atoms with E-state index in [1.807, 2.05) is 0 Å². The Morgan fingerprint density at radius 1 is 0.941 bits per heavy atom.